The Bertz CT molecular complexity index is 689. The topological polar surface area (TPSA) is 66.9 Å². The van der Waals surface area contributed by atoms with E-state index < -0.39 is 0 Å². The van der Waals surface area contributed by atoms with Crippen LogP contribution in [0.5, 0.6) is 11.5 Å². The minimum absolute atomic E-state index is 0.601. The molecule has 0 unspecified atom stereocenters. The number of rotatable bonds is 9. The monoisotopic (exact) mass is 356 g/mol. The first-order chi connectivity index (χ1) is 12.8. The first-order valence-corrected chi connectivity index (χ1v) is 8.84. The normalized spacial score (nSPS) is 11.0. The third kappa shape index (κ3) is 6.20. The molecule has 26 heavy (non-hydrogen) atoms. The number of nitrogens with zero attached hydrogens (tertiary/aromatic N) is 1. The van der Waals surface area contributed by atoms with Crippen LogP contribution in [-0.4, -0.2) is 39.8 Å². The Morgan fingerprint density at radius 3 is 2.50 bits per heavy atom. The molecule has 0 aliphatic rings. The highest BCUT2D eigenvalue weighted by Gasteiger charge is 2.06. The summed E-state index contributed by atoms with van der Waals surface area (Å²) in [5.41, 5.74) is 2.03. The molecule has 0 aliphatic heterocycles. The maximum atomic E-state index is 5.54. The molecule has 140 valence electrons. The Labute approximate surface area is 155 Å². The lowest BCUT2D eigenvalue weighted by molar-refractivity contribution is 0.311. The molecule has 0 aliphatic carbocycles. The van der Waals surface area contributed by atoms with Gasteiger partial charge in [-0.05, 0) is 37.6 Å². The number of hydrogen-bond acceptors (Lipinski definition) is 4. The van der Waals surface area contributed by atoms with Crippen LogP contribution in [0.15, 0.2) is 53.5 Å². The molecular weight excluding hydrogens is 328 g/mol. The molecule has 0 radical (unpaired) electrons. The highest BCUT2D eigenvalue weighted by atomic mass is 16.5. The quantitative estimate of drug-likeness (QED) is 0.364. The van der Waals surface area contributed by atoms with E-state index in [-0.39, 0.29) is 0 Å². The van der Waals surface area contributed by atoms with Gasteiger partial charge in [0.25, 0.3) is 0 Å². The minimum atomic E-state index is 0.601. The number of hydrogen-bond donors (Lipinski definition) is 3. The van der Waals surface area contributed by atoms with Crippen molar-refractivity contribution in [2.45, 2.75) is 13.3 Å². The molecule has 2 rings (SSSR count). The van der Waals surface area contributed by atoms with Crippen LogP contribution in [-0.2, 0) is 0 Å². The van der Waals surface area contributed by atoms with E-state index in [1.54, 1.807) is 14.2 Å². The smallest absolute Gasteiger partial charge is 0.195 e. The van der Waals surface area contributed by atoms with Crippen molar-refractivity contribution in [2.75, 3.05) is 44.5 Å². The number of para-hydroxylation sites is 1. The summed E-state index contributed by atoms with van der Waals surface area (Å²) in [5, 5.41) is 9.96. The van der Waals surface area contributed by atoms with Crippen molar-refractivity contribution < 1.29 is 9.47 Å². The first kappa shape index (κ1) is 19.4. The van der Waals surface area contributed by atoms with Gasteiger partial charge in [0.15, 0.2) is 17.5 Å². The number of aliphatic imine (C=N–C) groups is 1. The molecule has 0 heterocycles. The molecule has 2 aromatic carbocycles. The highest BCUT2D eigenvalue weighted by Crippen LogP contribution is 2.30. The Kier molecular flexibility index (Phi) is 8.12. The molecule has 6 heteroatoms. The Morgan fingerprint density at radius 1 is 1.00 bits per heavy atom. The van der Waals surface area contributed by atoms with Crippen LogP contribution in [0, 0.1) is 0 Å². The Morgan fingerprint density at radius 2 is 1.81 bits per heavy atom. The van der Waals surface area contributed by atoms with E-state index in [1.807, 2.05) is 43.3 Å². The van der Waals surface area contributed by atoms with Gasteiger partial charge in [-0.3, -0.25) is 4.99 Å². The molecule has 0 fully saturated rings. The van der Waals surface area contributed by atoms with Crippen molar-refractivity contribution in [3.63, 3.8) is 0 Å². The lowest BCUT2D eigenvalue weighted by Crippen LogP contribution is -2.32. The predicted octanol–water partition coefficient (Wildman–Crippen LogP) is 3.58. The summed E-state index contributed by atoms with van der Waals surface area (Å²) in [5.74, 6) is 2.14. The van der Waals surface area contributed by atoms with Crippen LogP contribution < -0.4 is 25.4 Å². The summed E-state index contributed by atoms with van der Waals surface area (Å²) in [6.45, 7) is 4.26. The average Bonchev–Trinajstić information content (AvgIpc) is 2.68. The molecule has 0 amide bonds. The zero-order chi connectivity index (χ0) is 18.6. The number of guanidine groups is 1. The fourth-order valence-corrected chi connectivity index (χ4v) is 2.42. The third-order valence-corrected chi connectivity index (χ3v) is 3.70. The zero-order valence-corrected chi connectivity index (χ0v) is 15.7. The van der Waals surface area contributed by atoms with Gasteiger partial charge >= 0.3 is 0 Å². The number of ether oxygens (including phenoxy) is 2. The van der Waals surface area contributed by atoms with Crippen LogP contribution in [0.3, 0.4) is 0 Å². The predicted molar refractivity (Wildman–Crippen MR) is 109 cm³/mol. The first-order valence-electron chi connectivity index (χ1n) is 8.84. The summed E-state index contributed by atoms with van der Waals surface area (Å²) in [4.78, 5) is 4.26. The molecule has 0 spiro atoms. The second kappa shape index (κ2) is 10.9. The van der Waals surface area contributed by atoms with E-state index in [0.29, 0.717) is 12.4 Å². The van der Waals surface area contributed by atoms with Crippen molar-refractivity contribution >= 4 is 17.3 Å². The number of nitrogens with one attached hydrogen (secondary N) is 3. The molecule has 0 bridgehead atoms. The van der Waals surface area contributed by atoms with Gasteiger partial charge in [0, 0.05) is 37.6 Å². The highest BCUT2D eigenvalue weighted by molar-refractivity contribution is 5.93. The van der Waals surface area contributed by atoms with Gasteiger partial charge < -0.3 is 25.4 Å². The van der Waals surface area contributed by atoms with Crippen LogP contribution >= 0.6 is 0 Å². The summed E-state index contributed by atoms with van der Waals surface area (Å²) < 4.78 is 10.9. The Balaban J connectivity index is 1.78. The lowest BCUT2D eigenvalue weighted by atomic mass is 10.2. The molecule has 0 saturated heterocycles. The maximum absolute atomic E-state index is 5.54. The fraction of sp³-hybridized carbons (Fsp3) is 0.350. The Hall–Kier alpha value is -2.89. The third-order valence-electron chi connectivity index (χ3n) is 3.70. The van der Waals surface area contributed by atoms with E-state index >= 15 is 0 Å². The summed E-state index contributed by atoms with van der Waals surface area (Å²) in [6.07, 6.45) is 0.974. The van der Waals surface area contributed by atoms with Gasteiger partial charge in [-0.15, -0.1) is 0 Å². The van der Waals surface area contributed by atoms with Crippen molar-refractivity contribution in [2.24, 2.45) is 4.99 Å². The summed E-state index contributed by atoms with van der Waals surface area (Å²) in [6, 6.07) is 15.9. The number of methoxy groups -OCH3 is 1. The maximum Gasteiger partial charge on any atom is 0.195 e. The standard InChI is InChI=1S/C20H28N4O2/c1-4-26-18-12-11-17(15-19(18)25-3)24-20(21-2)23-14-8-13-22-16-9-6-5-7-10-16/h5-7,9-12,15,22H,4,8,13-14H2,1-3H3,(H2,21,23,24). The largest absolute Gasteiger partial charge is 0.493 e. The van der Waals surface area contributed by atoms with Crippen molar-refractivity contribution in [3.8, 4) is 11.5 Å². The molecular formula is C20H28N4O2. The number of anilines is 2. The van der Waals surface area contributed by atoms with Crippen molar-refractivity contribution in [1.29, 1.82) is 0 Å². The van der Waals surface area contributed by atoms with Gasteiger partial charge in [0.2, 0.25) is 0 Å². The average molecular weight is 356 g/mol. The van der Waals surface area contributed by atoms with Gasteiger partial charge in [-0.25, -0.2) is 0 Å². The van der Waals surface area contributed by atoms with E-state index in [9.17, 15) is 0 Å². The van der Waals surface area contributed by atoms with Crippen molar-refractivity contribution in [1.82, 2.24) is 5.32 Å². The van der Waals surface area contributed by atoms with Crippen LogP contribution in [0.25, 0.3) is 0 Å². The van der Waals surface area contributed by atoms with Crippen LogP contribution in [0.1, 0.15) is 13.3 Å². The molecule has 0 aromatic heterocycles. The van der Waals surface area contributed by atoms with E-state index in [0.717, 1.165) is 42.6 Å². The van der Waals surface area contributed by atoms with Gasteiger partial charge in [0.05, 0.1) is 13.7 Å². The van der Waals surface area contributed by atoms with Gasteiger partial charge in [-0.1, -0.05) is 18.2 Å². The lowest BCUT2D eigenvalue weighted by Gasteiger charge is -2.14. The molecule has 3 N–H and O–H groups in total. The van der Waals surface area contributed by atoms with E-state index in [1.165, 1.54) is 0 Å². The number of benzene rings is 2. The van der Waals surface area contributed by atoms with Crippen molar-refractivity contribution in [3.05, 3.63) is 48.5 Å². The van der Waals surface area contributed by atoms with E-state index in [4.69, 9.17) is 9.47 Å². The summed E-state index contributed by atoms with van der Waals surface area (Å²) in [7, 11) is 3.39. The molecule has 0 saturated carbocycles. The zero-order valence-electron chi connectivity index (χ0n) is 15.7. The van der Waals surface area contributed by atoms with E-state index in [2.05, 4.69) is 33.1 Å². The SMILES string of the molecule is CCOc1ccc(NC(=NC)NCCCNc2ccccc2)cc1OC. The molecule has 6 nitrogen and oxygen atoms in total. The summed E-state index contributed by atoms with van der Waals surface area (Å²) >= 11 is 0. The van der Waals surface area contributed by atoms with Crippen LogP contribution in [0.4, 0.5) is 11.4 Å². The molecule has 2 aromatic rings. The second-order valence-electron chi connectivity index (χ2n) is 5.57. The van der Waals surface area contributed by atoms with Gasteiger partial charge in [-0.2, -0.15) is 0 Å². The minimum Gasteiger partial charge on any atom is -0.493 e. The fourth-order valence-electron chi connectivity index (χ4n) is 2.42. The van der Waals surface area contributed by atoms with Crippen LogP contribution in [0.2, 0.25) is 0 Å². The van der Waals surface area contributed by atoms with Gasteiger partial charge in [0.1, 0.15) is 0 Å². The molecule has 0 atom stereocenters. The second-order valence-corrected chi connectivity index (χ2v) is 5.57.